The number of aliphatic hydroxyl groups is 1. The van der Waals surface area contributed by atoms with Crippen LogP contribution in [0.2, 0.25) is 0 Å². The topological polar surface area (TPSA) is 63.1 Å². The summed E-state index contributed by atoms with van der Waals surface area (Å²) >= 11 is 3.54. The van der Waals surface area contributed by atoms with Gasteiger partial charge in [-0.15, -0.1) is 51.8 Å². The van der Waals surface area contributed by atoms with Crippen LogP contribution in [-0.4, -0.2) is 20.9 Å². The first-order valence-electron chi connectivity index (χ1n) is 16.7. The monoisotopic (exact) mass is 856 g/mol. The number of thiophene rings is 2. The van der Waals surface area contributed by atoms with Gasteiger partial charge in [0.1, 0.15) is 16.9 Å². The number of ketones is 1. The minimum absolute atomic E-state index is 0. The molecule has 3 aromatic heterocycles. The van der Waals surface area contributed by atoms with E-state index in [0.717, 1.165) is 52.5 Å². The molecule has 6 rings (SSSR count). The molecule has 0 saturated heterocycles. The van der Waals surface area contributed by atoms with Crippen molar-refractivity contribution in [3.05, 3.63) is 83.7 Å². The maximum atomic E-state index is 12.2. The molecule has 1 N–H and O–H groups in total. The molecule has 3 aromatic carbocycles. The zero-order valence-electron chi connectivity index (χ0n) is 29.6. The van der Waals surface area contributed by atoms with E-state index in [1.807, 2.05) is 41.5 Å². The largest absolute Gasteiger partial charge is 0.512 e. The summed E-state index contributed by atoms with van der Waals surface area (Å²) in [5.74, 6) is 0.286. The van der Waals surface area contributed by atoms with Crippen molar-refractivity contribution >= 4 is 69.6 Å². The summed E-state index contributed by atoms with van der Waals surface area (Å²) in [6.07, 6.45) is 6.45. The number of carbonyl (C=O) groups excluding carboxylic acids is 1. The Morgan fingerprint density at radius 1 is 0.854 bits per heavy atom. The fourth-order valence-corrected chi connectivity index (χ4v) is 8.01. The van der Waals surface area contributed by atoms with Gasteiger partial charge in [0.2, 0.25) is 0 Å². The molecule has 1 radical (unpaired) electrons. The van der Waals surface area contributed by atoms with Gasteiger partial charge in [0.15, 0.2) is 5.78 Å². The Morgan fingerprint density at radius 3 is 2.17 bits per heavy atom. The van der Waals surface area contributed by atoms with E-state index in [-0.39, 0.29) is 47.9 Å². The van der Waals surface area contributed by atoms with E-state index in [0.29, 0.717) is 0 Å². The second-order valence-electron chi connectivity index (χ2n) is 14.1. The minimum Gasteiger partial charge on any atom is -0.512 e. The summed E-state index contributed by atoms with van der Waals surface area (Å²) in [5, 5.41) is 18.4. The third-order valence-corrected chi connectivity index (χ3v) is 12.3. The third-order valence-electron chi connectivity index (χ3n) is 10.3. The fraction of sp³-hybridized carbons (Fsp3) is 0.390. The third kappa shape index (κ3) is 7.16. The van der Waals surface area contributed by atoms with Crippen LogP contribution in [0.1, 0.15) is 93.6 Å². The van der Waals surface area contributed by atoms with Crippen LogP contribution < -0.4 is 0 Å². The molecule has 0 aliphatic carbocycles. The summed E-state index contributed by atoms with van der Waals surface area (Å²) in [6.45, 7) is 18.9. The summed E-state index contributed by atoms with van der Waals surface area (Å²) in [5.41, 5.74) is 2.75. The van der Waals surface area contributed by atoms with E-state index in [9.17, 15) is 9.90 Å². The van der Waals surface area contributed by atoms with E-state index >= 15 is 0 Å². The molecular formula is C41H47IrN2O2S2-. The Morgan fingerprint density at radius 2 is 1.52 bits per heavy atom. The maximum Gasteiger partial charge on any atom is 0.164 e. The summed E-state index contributed by atoms with van der Waals surface area (Å²) < 4.78 is 2.61. The molecule has 4 nitrogen and oxygen atoms in total. The first kappa shape index (κ1) is 37.9. The van der Waals surface area contributed by atoms with Crippen molar-refractivity contribution in [1.29, 1.82) is 0 Å². The van der Waals surface area contributed by atoms with Crippen molar-refractivity contribution in [2.45, 2.75) is 93.4 Å². The van der Waals surface area contributed by atoms with Crippen LogP contribution in [0.3, 0.4) is 0 Å². The van der Waals surface area contributed by atoms with Crippen LogP contribution in [0.25, 0.3) is 52.4 Å². The van der Waals surface area contributed by atoms with Gasteiger partial charge >= 0.3 is 0 Å². The first-order chi connectivity index (χ1) is 22.3. The van der Waals surface area contributed by atoms with Crippen molar-refractivity contribution in [2.24, 2.45) is 10.8 Å². The first-order valence-corrected chi connectivity index (χ1v) is 18.4. The van der Waals surface area contributed by atoms with Gasteiger partial charge in [-0.05, 0) is 54.0 Å². The van der Waals surface area contributed by atoms with E-state index in [4.69, 9.17) is 4.98 Å². The zero-order chi connectivity index (χ0) is 34.1. The number of benzene rings is 3. The van der Waals surface area contributed by atoms with Gasteiger partial charge in [-0.1, -0.05) is 97.5 Å². The molecular weight excluding hydrogens is 809 g/mol. The second-order valence-corrected chi connectivity index (χ2v) is 16.0. The average molecular weight is 856 g/mol. The van der Waals surface area contributed by atoms with Gasteiger partial charge in [-0.3, -0.25) is 9.78 Å². The Balaban J connectivity index is 0.000000251. The van der Waals surface area contributed by atoms with Gasteiger partial charge in [0, 0.05) is 62.9 Å². The summed E-state index contributed by atoms with van der Waals surface area (Å²) in [4.78, 5) is 22.6. The maximum absolute atomic E-state index is 12.2. The molecule has 3 heterocycles. The van der Waals surface area contributed by atoms with Gasteiger partial charge in [0.05, 0.1) is 0 Å². The standard InChI is InChI=1S/C26H19N2S2.C15H28O2.Ir/c1-26(2,3)20-13-16(12-15-6-4-5-7-17(15)20)23-22-19-8-9-21-18(10-11-29-21)24(19)30-25(22)28-14-27-23;1-7-14(5,8-2)12(16)11-13(17)15(6,9-3)10-4;/h4-11,13-14H,1-3H3;11,16H,7-10H2,1-6H3;/q-1;;/b;12-11-;. The van der Waals surface area contributed by atoms with Crippen LogP contribution in [-0.2, 0) is 30.3 Å². The van der Waals surface area contributed by atoms with Gasteiger partial charge in [-0.2, -0.15) is 0 Å². The normalized spacial score (nSPS) is 12.7. The van der Waals surface area contributed by atoms with Crippen LogP contribution in [0.5, 0.6) is 0 Å². The summed E-state index contributed by atoms with van der Waals surface area (Å²) in [6, 6.07) is 21.1. The predicted molar refractivity (Wildman–Crippen MR) is 204 cm³/mol. The van der Waals surface area contributed by atoms with Crippen molar-refractivity contribution in [3.63, 3.8) is 0 Å². The van der Waals surface area contributed by atoms with Gasteiger partial charge in [0.25, 0.3) is 0 Å². The van der Waals surface area contributed by atoms with Crippen molar-refractivity contribution in [3.8, 4) is 11.3 Å². The molecule has 0 spiro atoms. The Labute approximate surface area is 307 Å². The fourth-order valence-electron chi connectivity index (χ4n) is 5.98. The summed E-state index contributed by atoms with van der Waals surface area (Å²) in [7, 11) is 0. The molecule has 0 saturated carbocycles. The number of allylic oxidation sites excluding steroid dienone is 2. The molecule has 7 heteroatoms. The van der Waals surface area contributed by atoms with Gasteiger partial charge in [-0.25, -0.2) is 4.98 Å². The smallest absolute Gasteiger partial charge is 0.164 e. The van der Waals surface area contributed by atoms with Crippen molar-refractivity contribution < 1.29 is 30.0 Å². The van der Waals surface area contributed by atoms with Crippen molar-refractivity contribution in [2.75, 3.05) is 0 Å². The second kappa shape index (κ2) is 14.9. The molecule has 0 aliphatic heterocycles. The number of nitrogens with zero attached hydrogens (tertiary/aromatic N) is 2. The predicted octanol–water partition coefficient (Wildman–Crippen LogP) is 12.6. The Hall–Kier alpha value is -2.96. The molecule has 0 aliphatic rings. The molecule has 255 valence electrons. The Bertz CT molecular complexity index is 2090. The van der Waals surface area contributed by atoms with E-state index in [1.165, 1.54) is 37.2 Å². The number of carbonyl (C=O) groups is 1. The van der Waals surface area contributed by atoms with Crippen LogP contribution in [0.15, 0.2) is 72.1 Å². The molecule has 0 amide bonds. The number of aliphatic hydroxyl groups excluding tert-OH is 1. The number of fused-ring (bicyclic) bond motifs is 6. The Kier molecular flexibility index (Phi) is 11.7. The molecule has 0 unspecified atom stereocenters. The minimum atomic E-state index is -0.337. The quantitative estimate of drug-likeness (QED) is 0.0941. The van der Waals surface area contributed by atoms with E-state index < -0.39 is 0 Å². The van der Waals surface area contributed by atoms with Crippen LogP contribution >= 0.6 is 22.7 Å². The van der Waals surface area contributed by atoms with Crippen LogP contribution in [0.4, 0.5) is 0 Å². The number of rotatable bonds is 8. The molecule has 6 aromatic rings. The number of aromatic nitrogens is 2. The average Bonchev–Trinajstić information content (AvgIpc) is 3.71. The molecule has 48 heavy (non-hydrogen) atoms. The van der Waals surface area contributed by atoms with Crippen molar-refractivity contribution in [1.82, 2.24) is 9.97 Å². The molecule has 0 bridgehead atoms. The SMILES string of the molecule is CC(C)(C)c1cc(-c2ncnc3sc4c5ccsc5ccc4c23)[c-]c2ccccc12.CCC(C)(CC)C(=O)/C=C(\O)C(C)(CC)CC.[Ir]. The molecule has 0 atom stereocenters. The van der Waals surface area contributed by atoms with Gasteiger partial charge < -0.3 is 5.11 Å². The molecule has 0 fully saturated rings. The zero-order valence-corrected chi connectivity index (χ0v) is 33.6. The number of hydrogen-bond acceptors (Lipinski definition) is 6. The van der Waals surface area contributed by atoms with Crippen LogP contribution in [0, 0.1) is 16.9 Å². The van der Waals surface area contributed by atoms with E-state index in [1.54, 1.807) is 29.0 Å². The van der Waals surface area contributed by atoms with E-state index in [2.05, 4.69) is 85.7 Å². The number of hydrogen-bond donors (Lipinski definition) is 1.